The lowest BCUT2D eigenvalue weighted by molar-refractivity contribution is 0.0727. The van der Waals surface area contributed by atoms with E-state index in [0.717, 1.165) is 29.7 Å². The second-order valence-electron chi connectivity index (χ2n) is 4.50. The van der Waals surface area contributed by atoms with Crippen molar-refractivity contribution in [3.05, 3.63) is 65.5 Å². The first-order valence-corrected chi connectivity index (χ1v) is 6.11. The predicted octanol–water partition coefficient (Wildman–Crippen LogP) is 2.28. The number of carbonyl (C=O) groups excluding carboxylic acids is 1. The van der Waals surface area contributed by atoms with Crippen LogP contribution in [0, 0.1) is 0 Å². The van der Waals surface area contributed by atoms with Gasteiger partial charge in [0.15, 0.2) is 0 Å². The van der Waals surface area contributed by atoms with E-state index in [0.29, 0.717) is 6.54 Å². The summed E-state index contributed by atoms with van der Waals surface area (Å²) in [6.07, 6.45) is 4.49. The maximum atomic E-state index is 12.3. The van der Waals surface area contributed by atoms with Crippen molar-refractivity contribution in [2.24, 2.45) is 0 Å². The molecule has 0 N–H and O–H groups in total. The zero-order chi connectivity index (χ0) is 12.4. The van der Waals surface area contributed by atoms with Crippen LogP contribution < -0.4 is 0 Å². The molecule has 0 saturated carbocycles. The van der Waals surface area contributed by atoms with Gasteiger partial charge in [-0.25, -0.2) is 0 Å². The van der Waals surface area contributed by atoms with E-state index in [-0.39, 0.29) is 5.91 Å². The smallest absolute Gasteiger partial charge is 0.254 e. The summed E-state index contributed by atoms with van der Waals surface area (Å²) in [5.41, 5.74) is 3.07. The number of fused-ring (bicyclic) bond motifs is 1. The van der Waals surface area contributed by atoms with Crippen LogP contribution in [0.1, 0.15) is 21.5 Å². The highest BCUT2D eigenvalue weighted by molar-refractivity contribution is 5.96. The largest absolute Gasteiger partial charge is 0.334 e. The molecule has 0 saturated heterocycles. The van der Waals surface area contributed by atoms with Gasteiger partial charge in [-0.05, 0) is 29.7 Å². The number of amides is 1. The number of carbonyl (C=O) groups is 1. The summed E-state index contributed by atoms with van der Waals surface area (Å²) in [6.45, 7) is 1.42. The van der Waals surface area contributed by atoms with Crippen LogP contribution in [0.25, 0.3) is 0 Å². The summed E-state index contributed by atoms with van der Waals surface area (Å²) >= 11 is 0. The highest BCUT2D eigenvalue weighted by Crippen LogP contribution is 2.19. The van der Waals surface area contributed by atoms with Gasteiger partial charge in [0.25, 0.3) is 5.91 Å². The van der Waals surface area contributed by atoms with E-state index in [9.17, 15) is 4.79 Å². The molecule has 90 valence electrons. The standard InChI is InChI=1S/C15H14N2O/c18-15-14-6-2-1-5-13(14)7-9-17(15)11-12-4-3-8-16-10-12/h1-6,8,10H,7,9,11H2. The van der Waals surface area contributed by atoms with Crippen molar-refractivity contribution in [2.75, 3.05) is 6.54 Å². The lowest BCUT2D eigenvalue weighted by Gasteiger charge is -2.28. The molecule has 3 nitrogen and oxygen atoms in total. The maximum absolute atomic E-state index is 12.3. The van der Waals surface area contributed by atoms with Gasteiger partial charge in [0.2, 0.25) is 0 Å². The molecular formula is C15H14N2O. The molecule has 1 aliphatic heterocycles. The van der Waals surface area contributed by atoms with Gasteiger partial charge in [0, 0.05) is 31.0 Å². The third kappa shape index (κ3) is 1.99. The summed E-state index contributed by atoms with van der Waals surface area (Å²) < 4.78 is 0. The van der Waals surface area contributed by atoms with Crippen LogP contribution in [0.2, 0.25) is 0 Å². The molecule has 1 amide bonds. The van der Waals surface area contributed by atoms with Crippen LogP contribution in [-0.4, -0.2) is 22.3 Å². The molecule has 2 aromatic rings. The number of aromatic nitrogens is 1. The molecule has 0 fully saturated rings. The Balaban J connectivity index is 1.83. The first kappa shape index (κ1) is 11.0. The number of hydrogen-bond acceptors (Lipinski definition) is 2. The molecule has 3 rings (SSSR count). The van der Waals surface area contributed by atoms with Gasteiger partial charge in [-0.2, -0.15) is 0 Å². The van der Waals surface area contributed by atoms with Crippen molar-refractivity contribution < 1.29 is 4.79 Å². The van der Waals surface area contributed by atoms with E-state index in [1.54, 1.807) is 6.20 Å². The maximum Gasteiger partial charge on any atom is 0.254 e. The topological polar surface area (TPSA) is 33.2 Å². The summed E-state index contributed by atoms with van der Waals surface area (Å²) in [5.74, 6) is 0.126. The lowest BCUT2D eigenvalue weighted by Crippen LogP contribution is -2.36. The van der Waals surface area contributed by atoms with E-state index in [1.165, 1.54) is 0 Å². The Bertz CT molecular complexity index is 566. The molecule has 3 heteroatoms. The van der Waals surface area contributed by atoms with E-state index in [4.69, 9.17) is 0 Å². The second-order valence-corrected chi connectivity index (χ2v) is 4.50. The summed E-state index contributed by atoms with van der Waals surface area (Å²) in [6, 6.07) is 11.8. The molecule has 2 heterocycles. The Hall–Kier alpha value is -2.16. The minimum absolute atomic E-state index is 0.126. The van der Waals surface area contributed by atoms with Crippen molar-refractivity contribution in [3.8, 4) is 0 Å². The Morgan fingerprint density at radius 2 is 2.06 bits per heavy atom. The molecule has 1 aromatic heterocycles. The van der Waals surface area contributed by atoms with Crippen molar-refractivity contribution >= 4 is 5.91 Å². The Morgan fingerprint density at radius 3 is 2.89 bits per heavy atom. The van der Waals surface area contributed by atoms with Gasteiger partial charge < -0.3 is 4.90 Å². The summed E-state index contributed by atoms with van der Waals surface area (Å²) in [4.78, 5) is 18.3. The van der Waals surface area contributed by atoms with Gasteiger partial charge in [-0.3, -0.25) is 9.78 Å². The molecule has 18 heavy (non-hydrogen) atoms. The monoisotopic (exact) mass is 238 g/mol. The quantitative estimate of drug-likeness (QED) is 0.804. The molecule has 0 bridgehead atoms. The number of benzene rings is 1. The lowest BCUT2D eigenvalue weighted by atomic mass is 9.99. The van der Waals surface area contributed by atoms with E-state index >= 15 is 0 Å². The molecule has 0 spiro atoms. The average molecular weight is 238 g/mol. The Morgan fingerprint density at radius 1 is 1.17 bits per heavy atom. The molecule has 1 aromatic carbocycles. The fourth-order valence-electron chi connectivity index (χ4n) is 2.34. The van der Waals surface area contributed by atoms with Crippen LogP contribution in [-0.2, 0) is 13.0 Å². The average Bonchev–Trinajstić information content (AvgIpc) is 2.43. The highest BCUT2D eigenvalue weighted by Gasteiger charge is 2.23. The predicted molar refractivity (Wildman–Crippen MR) is 69.1 cm³/mol. The zero-order valence-electron chi connectivity index (χ0n) is 10.0. The van der Waals surface area contributed by atoms with Crippen LogP contribution in [0.5, 0.6) is 0 Å². The minimum Gasteiger partial charge on any atom is -0.334 e. The number of hydrogen-bond donors (Lipinski definition) is 0. The minimum atomic E-state index is 0.126. The van der Waals surface area contributed by atoms with Gasteiger partial charge in [0.05, 0.1) is 0 Å². The number of nitrogens with zero attached hydrogens (tertiary/aromatic N) is 2. The van der Waals surface area contributed by atoms with Crippen LogP contribution in [0.4, 0.5) is 0 Å². The van der Waals surface area contributed by atoms with E-state index < -0.39 is 0 Å². The summed E-state index contributed by atoms with van der Waals surface area (Å²) in [5, 5.41) is 0. The van der Waals surface area contributed by atoms with Crippen molar-refractivity contribution in [1.82, 2.24) is 9.88 Å². The number of pyridine rings is 1. The normalized spacial score (nSPS) is 14.4. The van der Waals surface area contributed by atoms with Crippen LogP contribution in [0.15, 0.2) is 48.8 Å². The van der Waals surface area contributed by atoms with Crippen LogP contribution in [0.3, 0.4) is 0 Å². The number of rotatable bonds is 2. The first-order chi connectivity index (χ1) is 8.84. The Kier molecular flexibility index (Phi) is 2.81. The van der Waals surface area contributed by atoms with Crippen molar-refractivity contribution in [1.29, 1.82) is 0 Å². The molecule has 0 unspecified atom stereocenters. The second kappa shape index (κ2) is 4.61. The summed E-state index contributed by atoms with van der Waals surface area (Å²) in [7, 11) is 0. The molecule has 0 aliphatic carbocycles. The Labute approximate surface area is 106 Å². The SMILES string of the molecule is O=C1c2ccccc2CCN1Cc1cccnc1. The highest BCUT2D eigenvalue weighted by atomic mass is 16.2. The molecular weight excluding hydrogens is 224 g/mol. The van der Waals surface area contributed by atoms with E-state index in [2.05, 4.69) is 4.98 Å². The fraction of sp³-hybridized carbons (Fsp3) is 0.200. The van der Waals surface area contributed by atoms with Crippen molar-refractivity contribution in [2.45, 2.75) is 13.0 Å². The fourth-order valence-corrected chi connectivity index (χ4v) is 2.34. The van der Waals surface area contributed by atoms with Gasteiger partial charge in [-0.1, -0.05) is 24.3 Å². The van der Waals surface area contributed by atoms with E-state index in [1.807, 2.05) is 47.5 Å². The van der Waals surface area contributed by atoms with Gasteiger partial charge >= 0.3 is 0 Å². The molecule has 1 aliphatic rings. The molecule has 0 atom stereocenters. The van der Waals surface area contributed by atoms with Crippen molar-refractivity contribution in [3.63, 3.8) is 0 Å². The van der Waals surface area contributed by atoms with Crippen LogP contribution >= 0.6 is 0 Å². The molecule has 0 radical (unpaired) electrons. The van der Waals surface area contributed by atoms with Gasteiger partial charge in [0.1, 0.15) is 0 Å². The first-order valence-electron chi connectivity index (χ1n) is 6.11. The zero-order valence-corrected chi connectivity index (χ0v) is 10.0. The third-order valence-electron chi connectivity index (χ3n) is 3.28. The third-order valence-corrected chi connectivity index (χ3v) is 3.28. The van der Waals surface area contributed by atoms with Gasteiger partial charge in [-0.15, -0.1) is 0 Å².